The third-order valence-electron chi connectivity index (χ3n) is 6.28. The van der Waals surface area contributed by atoms with E-state index >= 15 is 0 Å². The van der Waals surface area contributed by atoms with Crippen LogP contribution in [0.5, 0.6) is 0 Å². The lowest BCUT2D eigenvalue weighted by Crippen LogP contribution is -2.30. The number of nitrogens with one attached hydrogen (secondary N) is 1. The van der Waals surface area contributed by atoms with Crippen molar-refractivity contribution in [2.24, 2.45) is 0 Å². The van der Waals surface area contributed by atoms with E-state index in [1.807, 2.05) is 80.6 Å². The van der Waals surface area contributed by atoms with Crippen molar-refractivity contribution in [3.63, 3.8) is 0 Å². The smallest absolute Gasteiger partial charge is 0.267 e. The fourth-order valence-electron chi connectivity index (χ4n) is 4.18. The minimum absolute atomic E-state index is 0.191. The number of hydrogen-bond acceptors (Lipinski definition) is 6. The molecule has 37 heavy (non-hydrogen) atoms. The number of anilines is 1. The van der Waals surface area contributed by atoms with Gasteiger partial charge in [-0.2, -0.15) is 0 Å². The van der Waals surface area contributed by atoms with Crippen molar-refractivity contribution >= 4 is 51.7 Å². The van der Waals surface area contributed by atoms with E-state index in [1.54, 1.807) is 17.2 Å². The van der Waals surface area contributed by atoms with Gasteiger partial charge in [-0.15, -0.1) is 0 Å². The summed E-state index contributed by atoms with van der Waals surface area (Å²) in [5.74, 6) is 0.249. The average molecular weight is 527 g/mol. The molecule has 0 unspecified atom stereocenters. The molecule has 1 aliphatic rings. The Hall–Kier alpha value is -3.75. The van der Waals surface area contributed by atoms with Crippen molar-refractivity contribution in [1.29, 1.82) is 0 Å². The van der Waals surface area contributed by atoms with Crippen LogP contribution in [0.2, 0.25) is 0 Å². The molecular formula is C29H26N4O2S2. The Morgan fingerprint density at radius 2 is 1.73 bits per heavy atom. The molecule has 2 aromatic heterocycles. The molecule has 1 aliphatic heterocycles. The highest BCUT2D eigenvalue weighted by Crippen LogP contribution is 2.33. The Kier molecular flexibility index (Phi) is 7.21. The van der Waals surface area contributed by atoms with Gasteiger partial charge in [0.2, 0.25) is 0 Å². The van der Waals surface area contributed by atoms with Gasteiger partial charge in [-0.1, -0.05) is 90.2 Å². The van der Waals surface area contributed by atoms with Crippen LogP contribution in [0, 0.1) is 13.8 Å². The van der Waals surface area contributed by atoms with Gasteiger partial charge in [-0.3, -0.25) is 18.9 Å². The average Bonchev–Trinajstić information content (AvgIpc) is 3.17. The summed E-state index contributed by atoms with van der Waals surface area (Å²) in [5.41, 5.74) is 4.93. The molecule has 6 nitrogen and oxygen atoms in total. The summed E-state index contributed by atoms with van der Waals surface area (Å²) in [6, 6.07) is 21.9. The van der Waals surface area contributed by atoms with Gasteiger partial charge in [0.25, 0.3) is 11.5 Å². The number of amides is 1. The van der Waals surface area contributed by atoms with Gasteiger partial charge in [0, 0.05) is 19.3 Å². The standard InChI is InChI=1S/C29H26N4O2S2/c1-19-10-12-22(13-11-19)18-30-25-23(27(34)32-15-6-7-20(2)26(32)31-25)17-24-28(35)33(29(36)37-24)16-14-21-8-4-3-5-9-21/h3-13,15,17,30H,14,16,18H2,1-2H3. The van der Waals surface area contributed by atoms with Crippen LogP contribution in [0.25, 0.3) is 11.7 Å². The molecule has 0 atom stereocenters. The third kappa shape index (κ3) is 5.35. The molecule has 1 fully saturated rings. The topological polar surface area (TPSA) is 66.7 Å². The number of carbonyl (C=O) groups is 1. The molecule has 0 bridgehead atoms. The molecule has 1 saturated heterocycles. The van der Waals surface area contributed by atoms with Gasteiger partial charge in [-0.25, -0.2) is 4.98 Å². The zero-order valence-electron chi connectivity index (χ0n) is 20.6. The second-order valence-corrected chi connectivity index (χ2v) is 10.6. The molecule has 1 amide bonds. The Morgan fingerprint density at radius 1 is 0.973 bits per heavy atom. The Balaban J connectivity index is 1.48. The zero-order chi connectivity index (χ0) is 25.9. The molecule has 8 heteroatoms. The van der Waals surface area contributed by atoms with Crippen molar-refractivity contribution in [3.8, 4) is 0 Å². The fraction of sp³-hybridized carbons (Fsp3) is 0.172. The first-order chi connectivity index (χ1) is 17.9. The molecule has 0 aliphatic carbocycles. The summed E-state index contributed by atoms with van der Waals surface area (Å²) in [5, 5.41) is 3.33. The summed E-state index contributed by atoms with van der Waals surface area (Å²) in [6.45, 7) is 4.94. The monoisotopic (exact) mass is 526 g/mol. The molecule has 2 aromatic carbocycles. The first-order valence-electron chi connectivity index (χ1n) is 12.0. The van der Waals surface area contributed by atoms with Gasteiger partial charge in [0.15, 0.2) is 0 Å². The number of fused-ring (bicyclic) bond motifs is 1. The number of thiocarbonyl (C=S) groups is 1. The minimum Gasteiger partial charge on any atom is -0.365 e. The quantitative estimate of drug-likeness (QED) is 0.258. The van der Waals surface area contributed by atoms with Crippen LogP contribution < -0.4 is 10.9 Å². The van der Waals surface area contributed by atoms with Crippen LogP contribution >= 0.6 is 24.0 Å². The number of carbonyl (C=O) groups excluding carboxylic acids is 1. The van der Waals surface area contributed by atoms with Crippen LogP contribution in [0.15, 0.2) is 82.6 Å². The SMILES string of the molecule is Cc1ccc(CNc2nc3c(C)cccn3c(=O)c2C=C2SC(=S)N(CCc3ccccc3)C2=O)cc1. The van der Waals surface area contributed by atoms with E-state index in [0.29, 0.717) is 45.8 Å². The molecular weight excluding hydrogens is 500 g/mol. The van der Waals surface area contributed by atoms with Crippen molar-refractivity contribution in [1.82, 2.24) is 14.3 Å². The van der Waals surface area contributed by atoms with E-state index in [1.165, 1.54) is 21.7 Å². The molecule has 4 aromatic rings. The van der Waals surface area contributed by atoms with Gasteiger partial charge < -0.3 is 5.32 Å². The van der Waals surface area contributed by atoms with Crippen LogP contribution in [-0.2, 0) is 17.8 Å². The van der Waals surface area contributed by atoms with E-state index in [0.717, 1.165) is 16.7 Å². The first-order valence-corrected chi connectivity index (χ1v) is 13.2. The van der Waals surface area contributed by atoms with Crippen LogP contribution in [0.3, 0.4) is 0 Å². The van der Waals surface area contributed by atoms with Crippen molar-refractivity contribution < 1.29 is 4.79 Å². The summed E-state index contributed by atoms with van der Waals surface area (Å²) in [4.78, 5) is 33.7. The highest BCUT2D eigenvalue weighted by molar-refractivity contribution is 8.26. The van der Waals surface area contributed by atoms with Crippen molar-refractivity contribution in [3.05, 3.63) is 116 Å². The third-order valence-corrected chi connectivity index (χ3v) is 7.66. The number of nitrogens with zero attached hydrogens (tertiary/aromatic N) is 3. The number of thioether (sulfide) groups is 1. The molecule has 0 spiro atoms. The highest BCUT2D eigenvalue weighted by atomic mass is 32.2. The lowest BCUT2D eigenvalue weighted by molar-refractivity contribution is -0.122. The normalized spacial score (nSPS) is 14.6. The summed E-state index contributed by atoms with van der Waals surface area (Å²) in [7, 11) is 0. The maximum absolute atomic E-state index is 13.6. The van der Waals surface area contributed by atoms with Crippen molar-refractivity contribution in [2.45, 2.75) is 26.8 Å². The highest BCUT2D eigenvalue weighted by Gasteiger charge is 2.32. The van der Waals surface area contributed by atoms with Gasteiger partial charge in [0.1, 0.15) is 15.8 Å². The number of rotatable bonds is 7. The van der Waals surface area contributed by atoms with Crippen molar-refractivity contribution in [2.75, 3.05) is 11.9 Å². The van der Waals surface area contributed by atoms with Crippen LogP contribution in [0.4, 0.5) is 5.82 Å². The molecule has 1 N–H and O–H groups in total. The zero-order valence-corrected chi connectivity index (χ0v) is 22.2. The molecule has 0 radical (unpaired) electrons. The molecule has 0 saturated carbocycles. The first kappa shape index (κ1) is 24.9. The van der Waals surface area contributed by atoms with Gasteiger partial charge in [-0.05, 0) is 49.1 Å². The number of pyridine rings is 1. The number of aryl methyl sites for hydroxylation is 2. The summed E-state index contributed by atoms with van der Waals surface area (Å²) >= 11 is 6.74. The largest absolute Gasteiger partial charge is 0.365 e. The van der Waals surface area contributed by atoms with Crippen LogP contribution in [-0.4, -0.2) is 31.1 Å². The maximum Gasteiger partial charge on any atom is 0.267 e. The summed E-state index contributed by atoms with van der Waals surface area (Å²) in [6.07, 6.45) is 4.02. The predicted octanol–water partition coefficient (Wildman–Crippen LogP) is 5.37. The number of aromatic nitrogens is 2. The van der Waals surface area contributed by atoms with Gasteiger partial charge >= 0.3 is 0 Å². The maximum atomic E-state index is 13.6. The van der Waals surface area contributed by atoms with E-state index in [-0.39, 0.29) is 11.5 Å². The Morgan fingerprint density at radius 3 is 2.49 bits per heavy atom. The lowest BCUT2D eigenvalue weighted by atomic mass is 10.1. The lowest BCUT2D eigenvalue weighted by Gasteiger charge is -2.14. The summed E-state index contributed by atoms with van der Waals surface area (Å²) < 4.78 is 2.01. The second-order valence-electron chi connectivity index (χ2n) is 8.97. The van der Waals surface area contributed by atoms with Crippen LogP contribution in [0.1, 0.15) is 27.8 Å². The number of hydrogen-bond donors (Lipinski definition) is 1. The Labute approximate surface area is 225 Å². The molecule has 5 rings (SSSR count). The molecule has 3 heterocycles. The predicted molar refractivity (Wildman–Crippen MR) is 155 cm³/mol. The van der Waals surface area contributed by atoms with Gasteiger partial charge in [0.05, 0.1) is 10.5 Å². The number of benzene rings is 2. The van der Waals surface area contributed by atoms with E-state index in [2.05, 4.69) is 5.32 Å². The van der Waals surface area contributed by atoms with E-state index < -0.39 is 0 Å². The fourth-order valence-corrected chi connectivity index (χ4v) is 5.47. The minimum atomic E-state index is -0.241. The van der Waals surface area contributed by atoms with E-state index in [4.69, 9.17) is 17.2 Å². The Bertz CT molecular complexity index is 1580. The second kappa shape index (κ2) is 10.7. The van der Waals surface area contributed by atoms with E-state index in [9.17, 15) is 9.59 Å². The molecule has 186 valence electrons.